The van der Waals surface area contributed by atoms with Crippen LogP contribution in [0.2, 0.25) is 0 Å². The van der Waals surface area contributed by atoms with Crippen LogP contribution in [0.5, 0.6) is 0 Å². The third-order valence-electron chi connectivity index (χ3n) is 4.61. The van der Waals surface area contributed by atoms with Gasteiger partial charge in [-0.05, 0) is 43.6 Å². The molecule has 0 amide bonds. The van der Waals surface area contributed by atoms with Crippen molar-refractivity contribution in [1.29, 1.82) is 0 Å². The third-order valence-corrected chi connectivity index (χ3v) is 4.61. The summed E-state index contributed by atoms with van der Waals surface area (Å²) in [6.45, 7) is 7.56. The maximum absolute atomic E-state index is 11.4. The molecule has 0 aliphatic rings. The summed E-state index contributed by atoms with van der Waals surface area (Å²) in [4.78, 5) is 2.41. The SMILES string of the molecule is CCN(CC)CCCC(O)(Cc1ccccc1)c1ccccc1. The molecule has 0 spiro atoms. The van der Waals surface area contributed by atoms with Crippen molar-refractivity contribution in [2.45, 2.75) is 38.7 Å². The van der Waals surface area contributed by atoms with Crippen LogP contribution in [0.3, 0.4) is 0 Å². The molecular formula is C21H29NO. The summed E-state index contributed by atoms with van der Waals surface area (Å²) in [6.07, 6.45) is 2.44. The van der Waals surface area contributed by atoms with Crippen molar-refractivity contribution < 1.29 is 5.11 Å². The Kier molecular flexibility index (Phi) is 6.82. The van der Waals surface area contributed by atoms with Gasteiger partial charge in [0.15, 0.2) is 0 Å². The maximum atomic E-state index is 11.4. The summed E-state index contributed by atoms with van der Waals surface area (Å²) >= 11 is 0. The molecule has 2 heteroatoms. The highest BCUT2D eigenvalue weighted by Gasteiger charge is 2.29. The Labute approximate surface area is 140 Å². The molecule has 124 valence electrons. The lowest BCUT2D eigenvalue weighted by Gasteiger charge is -2.30. The van der Waals surface area contributed by atoms with Gasteiger partial charge in [-0.3, -0.25) is 0 Å². The van der Waals surface area contributed by atoms with Gasteiger partial charge in [-0.2, -0.15) is 0 Å². The average molecular weight is 311 g/mol. The van der Waals surface area contributed by atoms with Crippen LogP contribution in [0.25, 0.3) is 0 Å². The van der Waals surface area contributed by atoms with E-state index >= 15 is 0 Å². The lowest BCUT2D eigenvalue weighted by molar-refractivity contribution is 0.0231. The van der Waals surface area contributed by atoms with Crippen LogP contribution >= 0.6 is 0 Å². The Morgan fingerprint density at radius 1 is 0.870 bits per heavy atom. The van der Waals surface area contributed by atoms with E-state index in [1.54, 1.807) is 0 Å². The molecule has 0 saturated carbocycles. The summed E-state index contributed by atoms with van der Waals surface area (Å²) in [5, 5.41) is 11.4. The van der Waals surface area contributed by atoms with Gasteiger partial charge in [-0.25, -0.2) is 0 Å². The van der Waals surface area contributed by atoms with Gasteiger partial charge in [0, 0.05) is 6.42 Å². The number of rotatable bonds is 9. The number of aliphatic hydroxyl groups is 1. The minimum Gasteiger partial charge on any atom is -0.385 e. The average Bonchev–Trinajstić information content (AvgIpc) is 2.60. The first-order valence-corrected chi connectivity index (χ1v) is 8.72. The first-order chi connectivity index (χ1) is 11.2. The van der Waals surface area contributed by atoms with Crippen molar-refractivity contribution in [1.82, 2.24) is 4.90 Å². The Balaban J connectivity index is 2.11. The summed E-state index contributed by atoms with van der Waals surface area (Å²) in [5.74, 6) is 0. The van der Waals surface area contributed by atoms with E-state index < -0.39 is 5.60 Å². The zero-order valence-corrected chi connectivity index (χ0v) is 14.4. The summed E-state index contributed by atoms with van der Waals surface area (Å²) in [7, 11) is 0. The van der Waals surface area contributed by atoms with Crippen LogP contribution in [0, 0.1) is 0 Å². The maximum Gasteiger partial charge on any atom is 0.0937 e. The smallest absolute Gasteiger partial charge is 0.0937 e. The molecule has 0 aliphatic heterocycles. The Morgan fingerprint density at radius 2 is 1.43 bits per heavy atom. The second-order valence-corrected chi connectivity index (χ2v) is 6.19. The van der Waals surface area contributed by atoms with Gasteiger partial charge < -0.3 is 10.0 Å². The predicted octanol–water partition coefficient (Wildman–Crippen LogP) is 4.24. The Hall–Kier alpha value is -1.64. The van der Waals surface area contributed by atoms with Crippen LogP contribution in [-0.2, 0) is 12.0 Å². The molecule has 23 heavy (non-hydrogen) atoms. The van der Waals surface area contributed by atoms with Crippen LogP contribution in [0.1, 0.15) is 37.8 Å². The topological polar surface area (TPSA) is 23.5 Å². The van der Waals surface area contributed by atoms with Crippen molar-refractivity contribution >= 4 is 0 Å². The quantitative estimate of drug-likeness (QED) is 0.749. The van der Waals surface area contributed by atoms with Crippen LogP contribution in [-0.4, -0.2) is 29.6 Å². The van der Waals surface area contributed by atoms with E-state index in [2.05, 4.69) is 30.9 Å². The number of hydrogen-bond acceptors (Lipinski definition) is 2. The van der Waals surface area contributed by atoms with E-state index in [9.17, 15) is 5.11 Å². The van der Waals surface area contributed by atoms with Crippen molar-refractivity contribution in [3.63, 3.8) is 0 Å². The zero-order chi connectivity index (χ0) is 16.5. The first kappa shape index (κ1) is 17.7. The highest BCUT2D eigenvalue weighted by Crippen LogP contribution is 2.30. The highest BCUT2D eigenvalue weighted by molar-refractivity contribution is 5.26. The van der Waals surface area contributed by atoms with Crippen LogP contribution in [0.4, 0.5) is 0 Å². The normalized spacial score (nSPS) is 13.9. The van der Waals surface area contributed by atoms with Crippen molar-refractivity contribution in [2.75, 3.05) is 19.6 Å². The molecule has 0 fully saturated rings. The van der Waals surface area contributed by atoms with E-state index in [1.807, 2.05) is 48.5 Å². The molecule has 0 saturated heterocycles. The fourth-order valence-electron chi connectivity index (χ4n) is 3.15. The molecule has 2 nitrogen and oxygen atoms in total. The Morgan fingerprint density at radius 3 is 2.00 bits per heavy atom. The van der Waals surface area contributed by atoms with Gasteiger partial charge in [0.05, 0.1) is 5.60 Å². The Bertz CT molecular complexity index is 551. The molecule has 0 radical (unpaired) electrons. The van der Waals surface area contributed by atoms with E-state index in [0.717, 1.165) is 38.0 Å². The second-order valence-electron chi connectivity index (χ2n) is 6.19. The number of nitrogens with zero attached hydrogens (tertiary/aromatic N) is 1. The zero-order valence-electron chi connectivity index (χ0n) is 14.4. The molecule has 2 aromatic carbocycles. The van der Waals surface area contributed by atoms with Gasteiger partial charge in [-0.15, -0.1) is 0 Å². The van der Waals surface area contributed by atoms with Gasteiger partial charge in [0.2, 0.25) is 0 Å². The molecule has 2 aromatic rings. The second kappa shape index (κ2) is 8.85. The number of benzene rings is 2. The lowest BCUT2D eigenvalue weighted by Crippen LogP contribution is -2.31. The van der Waals surface area contributed by atoms with Crippen molar-refractivity contribution in [2.24, 2.45) is 0 Å². The molecule has 0 bridgehead atoms. The van der Waals surface area contributed by atoms with E-state index in [1.165, 1.54) is 5.56 Å². The summed E-state index contributed by atoms with van der Waals surface area (Å²) < 4.78 is 0. The fourth-order valence-corrected chi connectivity index (χ4v) is 3.15. The van der Waals surface area contributed by atoms with Gasteiger partial charge >= 0.3 is 0 Å². The van der Waals surface area contributed by atoms with Crippen LogP contribution < -0.4 is 0 Å². The summed E-state index contributed by atoms with van der Waals surface area (Å²) in [6, 6.07) is 20.4. The molecule has 0 aromatic heterocycles. The first-order valence-electron chi connectivity index (χ1n) is 8.72. The lowest BCUT2D eigenvalue weighted by atomic mass is 9.83. The van der Waals surface area contributed by atoms with Gasteiger partial charge in [0.25, 0.3) is 0 Å². The molecular weight excluding hydrogens is 282 g/mol. The highest BCUT2D eigenvalue weighted by atomic mass is 16.3. The van der Waals surface area contributed by atoms with Gasteiger partial charge in [0.1, 0.15) is 0 Å². The van der Waals surface area contributed by atoms with E-state index in [4.69, 9.17) is 0 Å². The molecule has 1 unspecified atom stereocenters. The fraction of sp³-hybridized carbons (Fsp3) is 0.429. The van der Waals surface area contributed by atoms with Crippen molar-refractivity contribution in [3.8, 4) is 0 Å². The molecule has 0 heterocycles. The number of hydrogen-bond donors (Lipinski definition) is 1. The van der Waals surface area contributed by atoms with E-state index in [0.29, 0.717) is 6.42 Å². The summed E-state index contributed by atoms with van der Waals surface area (Å²) in [5.41, 5.74) is 1.40. The van der Waals surface area contributed by atoms with Crippen LogP contribution in [0.15, 0.2) is 60.7 Å². The molecule has 2 rings (SSSR count). The predicted molar refractivity (Wildman–Crippen MR) is 97.5 cm³/mol. The monoisotopic (exact) mass is 311 g/mol. The third kappa shape index (κ3) is 5.19. The molecule has 1 atom stereocenters. The minimum absolute atomic E-state index is 0.663. The van der Waals surface area contributed by atoms with Gasteiger partial charge in [-0.1, -0.05) is 74.5 Å². The molecule has 1 N–H and O–H groups in total. The van der Waals surface area contributed by atoms with Crippen molar-refractivity contribution in [3.05, 3.63) is 71.8 Å². The minimum atomic E-state index is -0.796. The largest absolute Gasteiger partial charge is 0.385 e. The standard InChI is InChI=1S/C21H29NO/c1-3-22(4-2)17-11-16-21(23,20-14-9-6-10-15-20)18-19-12-7-5-8-13-19/h5-10,12-15,23H,3-4,11,16-18H2,1-2H3. The van der Waals surface area contributed by atoms with E-state index in [-0.39, 0.29) is 0 Å². The molecule has 0 aliphatic carbocycles.